The Labute approximate surface area is 172 Å². The van der Waals surface area contributed by atoms with E-state index in [2.05, 4.69) is 22.0 Å². The largest absolute Gasteiger partial charge is 0.488 e. The van der Waals surface area contributed by atoms with Gasteiger partial charge in [0.25, 0.3) is 0 Å². The number of rotatable bonds is 7. The van der Waals surface area contributed by atoms with Crippen LogP contribution in [0.3, 0.4) is 0 Å². The van der Waals surface area contributed by atoms with Crippen molar-refractivity contribution in [2.45, 2.75) is 52.2 Å². The molecule has 1 heterocycles. The Hall–Kier alpha value is -2.88. The van der Waals surface area contributed by atoms with Crippen LogP contribution in [0.15, 0.2) is 54.9 Å². The fourth-order valence-corrected chi connectivity index (χ4v) is 4.23. The third-order valence-electron chi connectivity index (χ3n) is 5.79. The molecule has 29 heavy (non-hydrogen) atoms. The molecule has 150 valence electrons. The molecule has 1 aliphatic rings. The SMILES string of the molecule is Cc1cc(-c2cnn(CC3CCCCC3)c2)cc(C=O)c1OCc1ccccc1. The minimum atomic E-state index is 0.446. The second-order valence-corrected chi connectivity index (χ2v) is 8.06. The fourth-order valence-electron chi connectivity index (χ4n) is 4.23. The predicted octanol–water partition coefficient (Wildman–Crippen LogP) is 5.83. The first-order valence-electron chi connectivity index (χ1n) is 10.5. The summed E-state index contributed by atoms with van der Waals surface area (Å²) in [5.74, 6) is 1.39. The number of hydrogen-bond acceptors (Lipinski definition) is 3. The average molecular weight is 389 g/mol. The molecule has 0 bridgehead atoms. The molecule has 0 aliphatic heterocycles. The highest BCUT2D eigenvalue weighted by atomic mass is 16.5. The van der Waals surface area contributed by atoms with Crippen LogP contribution in [0, 0.1) is 12.8 Å². The van der Waals surface area contributed by atoms with Crippen molar-refractivity contribution in [3.63, 3.8) is 0 Å². The number of benzene rings is 2. The van der Waals surface area contributed by atoms with Crippen LogP contribution < -0.4 is 4.74 Å². The minimum absolute atomic E-state index is 0.446. The van der Waals surface area contributed by atoms with Crippen molar-refractivity contribution in [3.05, 3.63) is 71.5 Å². The maximum absolute atomic E-state index is 11.7. The number of ether oxygens (including phenoxy) is 1. The summed E-state index contributed by atoms with van der Waals surface area (Å²) in [6.07, 6.45) is 11.5. The summed E-state index contributed by atoms with van der Waals surface area (Å²) < 4.78 is 8.05. The summed E-state index contributed by atoms with van der Waals surface area (Å²) >= 11 is 0. The second kappa shape index (κ2) is 9.08. The summed E-state index contributed by atoms with van der Waals surface area (Å²) in [7, 11) is 0. The Morgan fingerprint density at radius 2 is 1.90 bits per heavy atom. The Morgan fingerprint density at radius 3 is 2.66 bits per heavy atom. The molecule has 0 saturated heterocycles. The van der Waals surface area contributed by atoms with E-state index in [-0.39, 0.29) is 0 Å². The van der Waals surface area contributed by atoms with E-state index < -0.39 is 0 Å². The minimum Gasteiger partial charge on any atom is -0.488 e. The van der Waals surface area contributed by atoms with Crippen molar-refractivity contribution in [3.8, 4) is 16.9 Å². The second-order valence-electron chi connectivity index (χ2n) is 8.06. The van der Waals surface area contributed by atoms with Crippen LogP contribution in [0.25, 0.3) is 11.1 Å². The Bertz CT molecular complexity index is 956. The normalized spacial score (nSPS) is 14.7. The molecule has 4 heteroatoms. The van der Waals surface area contributed by atoms with Crippen molar-refractivity contribution in [1.82, 2.24) is 9.78 Å². The van der Waals surface area contributed by atoms with E-state index >= 15 is 0 Å². The van der Waals surface area contributed by atoms with Gasteiger partial charge in [0.1, 0.15) is 12.4 Å². The van der Waals surface area contributed by atoms with Gasteiger partial charge in [-0.2, -0.15) is 5.10 Å². The van der Waals surface area contributed by atoms with Crippen LogP contribution in [0.2, 0.25) is 0 Å². The highest BCUT2D eigenvalue weighted by molar-refractivity contribution is 5.84. The number of nitrogens with zero attached hydrogens (tertiary/aromatic N) is 2. The lowest BCUT2D eigenvalue weighted by Crippen LogP contribution is -2.14. The molecule has 1 aromatic heterocycles. The van der Waals surface area contributed by atoms with Gasteiger partial charge in [-0.15, -0.1) is 0 Å². The first-order chi connectivity index (χ1) is 14.2. The zero-order valence-electron chi connectivity index (χ0n) is 17.0. The van der Waals surface area contributed by atoms with Gasteiger partial charge in [0.2, 0.25) is 0 Å². The van der Waals surface area contributed by atoms with Crippen molar-refractivity contribution in [2.24, 2.45) is 5.92 Å². The van der Waals surface area contributed by atoms with E-state index in [0.717, 1.165) is 41.0 Å². The molecule has 0 amide bonds. The van der Waals surface area contributed by atoms with Crippen molar-refractivity contribution < 1.29 is 9.53 Å². The number of aryl methyl sites for hydroxylation is 1. The molecule has 0 spiro atoms. The topological polar surface area (TPSA) is 44.1 Å². The van der Waals surface area contributed by atoms with E-state index in [0.29, 0.717) is 17.9 Å². The molecule has 0 unspecified atom stereocenters. The summed E-state index contributed by atoms with van der Waals surface area (Å²) in [5.41, 5.74) is 4.67. The van der Waals surface area contributed by atoms with Crippen LogP contribution in [0.5, 0.6) is 5.75 Å². The average Bonchev–Trinajstić information content (AvgIpc) is 3.22. The van der Waals surface area contributed by atoms with Gasteiger partial charge in [-0.05, 0) is 54.5 Å². The lowest BCUT2D eigenvalue weighted by atomic mass is 9.89. The molecule has 4 nitrogen and oxygen atoms in total. The quantitative estimate of drug-likeness (QED) is 0.478. The zero-order valence-corrected chi connectivity index (χ0v) is 17.0. The molecule has 4 rings (SSSR count). The van der Waals surface area contributed by atoms with Crippen LogP contribution in [0.1, 0.15) is 53.6 Å². The van der Waals surface area contributed by atoms with E-state index in [1.165, 1.54) is 32.1 Å². The van der Waals surface area contributed by atoms with Crippen LogP contribution in [0.4, 0.5) is 0 Å². The van der Waals surface area contributed by atoms with E-state index in [1.54, 1.807) is 0 Å². The number of aromatic nitrogens is 2. The number of carbonyl (C=O) groups is 1. The van der Waals surface area contributed by atoms with E-state index in [1.807, 2.05) is 49.5 Å². The predicted molar refractivity (Wildman–Crippen MR) is 115 cm³/mol. The van der Waals surface area contributed by atoms with Gasteiger partial charge < -0.3 is 4.74 Å². The first-order valence-corrected chi connectivity index (χ1v) is 10.5. The Balaban J connectivity index is 1.51. The molecular formula is C25H28N2O2. The number of aldehydes is 1. The summed E-state index contributed by atoms with van der Waals surface area (Å²) in [5, 5.41) is 4.57. The van der Waals surface area contributed by atoms with Crippen LogP contribution >= 0.6 is 0 Å². The van der Waals surface area contributed by atoms with Gasteiger partial charge in [-0.1, -0.05) is 49.6 Å². The lowest BCUT2D eigenvalue weighted by Gasteiger charge is -2.21. The van der Waals surface area contributed by atoms with Crippen molar-refractivity contribution in [2.75, 3.05) is 0 Å². The van der Waals surface area contributed by atoms with Gasteiger partial charge in [0.15, 0.2) is 6.29 Å². The molecule has 0 N–H and O–H groups in total. The van der Waals surface area contributed by atoms with Crippen molar-refractivity contribution >= 4 is 6.29 Å². The summed E-state index contributed by atoms with van der Waals surface area (Å²) in [6.45, 7) is 3.42. The van der Waals surface area contributed by atoms with E-state index in [4.69, 9.17) is 4.74 Å². The molecule has 2 aromatic carbocycles. The van der Waals surface area contributed by atoms with Gasteiger partial charge in [-0.25, -0.2) is 0 Å². The third-order valence-corrected chi connectivity index (χ3v) is 5.79. The monoisotopic (exact) mass is 388 g/mol. The smallest absolute Gasteiger partial charge is 0.153 e. The molecule has 1 saturated carbocycles. The van der Waals surface area contributed by atoms with Gasteiger partial charge in [-0.3, -0.25) is 9.48 Å². The third kappa shape index (κ3) is 4.76. The Kier molecular flexibility index (Phi) is 6.09. The molecule has 0 atom stereocenters. The standard InChI is InChI=1S/C25H28N2O2/c1-19-12-22(24-14-26-27(16-24)15-20-8-4-2-5-9-20)13-23(17-28)25(19)29-18-21-10-6-3-7-11-21/h3,6-7,10-14,16-17,20H,2,4-5,8-9,15,18H2,1H3. The summed E-state index contributed by atoms with van der Waals surface area (Å²) in [6, 6.07) is 14.0. The van der Waals surface area contributed by atoms with Crippen LogP contribution in [-0.4, -0.2) is 16.1 Å². The molecule has 1 aliphatic carbocycles. The number of carbonyl (C=O) groups excluding carboxylic acids is 1. The van der Waals surface area contributed by atoms with E-state index in [9.17, 15) is 4.79 Å². The zero-order chi connectivity index (χ0) is 20.1. The highest BCUT2D eigenvalue weighted by Gasteiger charge is 2.16. The van der Waals surface area contributed by atoms with Crippen molar-refractivity contribution in [1.29, 1.82) is 0 Å². The summed E-state index contributed by atoms with van der Waals surface area (Å²) in [4.78, 5) is 11.7. The Morgan fingerprint density at radius 1 is 1.10 bits per heavy atom. The maximum atomic E-state index is 11.7. The first kappa shape index (κ1) is 19.4. The highest BCUT2D eigenvalue weighted by Crippen LogP contribution is 2.31. The van der Waals surface area contributed by atoms with Gasteiger partial charge >= 0.3 is 0 Å². The molecule has 1 fully saturated rings. The van der Waals surface area contributed by atoms with Gasteiger partial charge in [0.05, 0.1) is 11.8 Å². The molecule has 3 aromatic rings. The van der Waals surface area contributed by atoms with Gasteiger partial charge in [0, 0.05) is 18.3 Å². The number of hydrogen-bond donors (Lipinski definition) is 0. The molecular weight excluding hydrogens is 360 g/mol. The maximum Gasteiger partial charge on any atom is 0.153 e. The fraction of sp³-hybridized carbons (Fsp3) is 0.360. The van der Waals surface area contributed by atoms with Crippen LogP contribution in [-0.2, 0) is 13.2 Å². The lowest BCUT2D eigenvalue weighted by molar-refractivity contribution is 0.111. The molecule has 0 radical (unpaired) electrons.